The molecule has 0 rings (SSSR count). The van der Waals surface area contributed by atoms with E-state index < -0.39 is 6.10 Å². The van der Waals surface area contributed by atoms with Crippen LogP contribution in [0.25, 0.3) is 0 Å². The summed E-state index contributed by atoms with van der Waals surface area (Å²) < 4.78 is 4.95. The number of allylic oxidation sites excluding steroid dienone is 3. The van der Waals surface area contributed by atoms with E-state index in [4.69, 9.17) is 14.9 Å². The molecule has 0 aliphatic heterocycles. The van der Waals surface area contributed by atoms with Crippen molar-refractivity contribution in [3.63, 3.8) is 0 Å². The number of ether oxygens (including phenoxy) is 1. The average molecular weight is 266 g/mol. The largest absolute Gasteiger partial charge is 0.498 e. The first-order chi connectivity index (χ1) is 9.31. The molecule has 0 bridgehead atoms. The van der Waals surface area contributed by atoms with Crippen LogP contribution in [0.2, 0.25) is 0 Å². The molecule has 0 radical (unpaired) electrons. The number of aliphatic hydroxyl groups is 2. The van der Waals surface area contributed by atoms with Crippen molar-refractivity contribution in [2.24, 2.45) is 0 Å². The zero-order chi connectivity index (χ0) is 14.2. The number of hydrogen-bond donors (Lipinski definition) is 2. The molecular formula is C16H26O3. The molecule has 3 nitrogen and oxygen atoms in total. The van der Waals surface area contributed by atoms with Gasteiger partial charge in [-0.3, -0.25) is 0 Å². The summed E-state index contributed by atoms with van der Waals surface area (Å²) in [6.45, 7) is 2.01. The van der Waals surface area contributed by atoms with Gasteiger partial charge in [0.2, 0.25) is 0 Å². The fourth-order valence-electron chi connectivity index (χ4n) is 1.41. The topological polar surface area (TPSA) is 49.7 Å². The summed E-state index contributed by atoms with van der Waals surface area (Å²) in [5, 5.41) is 17.5. The first-order valence-corrected chi connectivity index (χ1v) is 7.02. The Hall–Kier alpha value is -1.24. The van der Waals surface area contributed by atoms with Gasteiger partial charge in [0.1, 0.15) is 12.7 Å². The highest BCUT2D eigenvalue weighted by molar-refractivity contribution is 5.22. The van der Waals surface area contributed by atoms with Crippen molar-refractivity contribution in [1.82, 2.24) is 0 Å². The molecule has 0 saturated heterocycles. The predicted octanol–water partition coefficient (Wildman–Crippen LogP) is 2.79. The van der Waals surface area contributed by atoms with Crippen molar-refractivity contribution < 1.29 is 14.9 Å². The van der Waals surface area contributed by atoms with Crippen LogP contribution in [0.15, 0.2) is 24.5 Å². The van der Waals surface area contributed by atoms with Crippen LogP contribution < -0.4 is 0 Å². The lowest BCUT2D eigenvalue weighted by atomic mass is 10.1. The SMILES string of the molecule is CCCCCCCC=CC#CC=COCC(O)CO. The maximum absolute atomic E-state index is 8.98. The second-order valence-electron chi connectivity index (χ2n) is 4.37. The molecule has 0 aromatic rings. The van der Waals surface area contributed by atoms with Gasteiger partial charge in [-0.1, -0.05) is 50.5 Å². The van der Waals surface area contributed by atoms with Gasteiger partial charge < -0.3 is 14.9 Å². The van der Waals surface area contributed by atoms with E-state index >= 15 is 0 Å². The van der Waals surface area contributed by atoms with Crippen LogP contribution in [0.3, 0.4) is 0 Å². The molecule has 0 fully saturated rings. The Morgan fingerprint density at radius 1 is 1.11 bits per heavy atom. The quantitative estimate of drug-likeness (QED) is 0.363. The molecule has 3 heteroatoms. The molecule has 0 saturated carbocycles. The molecule has 0 spiro atoms. The maximum atomic E-state index is 8.98. The molecule has 108 valence electrons. The van der Waals surface area contributed by atoms with E-state index in [0.29, 0.717) is 0 Å². The summed E-state index contributed by atoms with van der Waals surface area (Å²) in [4.78, 5) is 0. The Kier molecular flexibility index (Phi) is 13.9. The second kappa shape index (κ2) is 14.8. The van der Waals surface area contributed by atoms with Gasteiger partial charge in [0.15, 0.2) is 0 Å². The summed E-state index contributed by atoms with van der Waals surface area (Å²) in [7, 11) is 0. The molecule has 0 aromatic carbocycles. The van der Waals surface area contributed by atoms with Crippen LogP contribution in [0.5, 0.6) is 0 Å². The number of aliphatic hydroxyl groups excluding tert-OH is 2. The van der Waals surface area contributed by atoms with E-state index in [1.807, 2.05) is 6.08 Å². The summed E-state index contributed by atoms with van der Waals surface area (Å²) in [6.07, 6.45) is 13.7. The van der Waals surface area contributed by atoms with E-state index in [9.17, 15) is 0 Å². The van der Waals surface area contributed by atoms with Gasteiger partial charge in [-0.2, -0.15) is 0 Å². The third-order valence-corrected chi connectivity index (χ3v) is 2.51. The highest BCUT2D eigenvalue weighted by Crippen LogP contribution is 2.04. The Morgan fingerprint density at radius 2 is 1.84 bits per heavy atom. The minimum atomic E-state index is -0.829. The Bertz CT molecular complexity index is 297. The van der Waals surface area contributed by atoms with E-state index in [1.54, 1.807) is 6.08 Å². The summed E-state index contributed by atoms with van der Waals surface area (Å²) >= 11 is 0. The Morgan fingerprint density at radius 3 is 2.58 bits per heavy atom. The molecular weight excluding hydrogens is 240 g/mol. The first kappa shape index (κ1) is 17.8. The van der Waals surface area contributed by atoms with E-state index in [-0.39, 0.29) is 13.2 Å². The average Bonchev–Trinajstić information content (AvgIpc) is 2.43. The van der Waals surface area contributed by atoms with Gasteiger partial charge in [0.05, 0.1) is 12.9 Å². The van der Waals surface area contributed by atoms with Gasteiger partial charge >= 0.3 is 0 Å². The lowest BCUT2D eigenvalue weighted by molar-refractivity contribution is 0.0385. The zero-order valence-corrected chi connectivity index (χ0v) is 11.8. The number of hydrogen-bond acceptors (Lipinski definition) is 3. The maximum Gasteiger partial charge on any atom is 0.115 e. The molecule has 19 heavy (non-hydrogen) atoms. The summed E-state index contributed by atoms with van der Waals surface area (Å²) in [5.41, 5.74) is 0. The van der Waals surface area contributed by atoms with E-state index in [1.165, 1.54) is 38.4 Å². The van der Waals surface area contributed by atoms with Crippen molar-refractivity contribution in [3.05, 3.63) is 24.5 Å². The summed E-state index contributed by atoms with van der Waals surface area (Å²) in [5.74, 6) is 5.68. The molecule has 1 unspecified atom stereocenters. The van der Waals surface area contributed by atoms with Crippen molar-refractivity contribution in [2.45, 2.75) is 51.6 Å². The van der Waals surface area contributed by atoms with Gasteiger partial charge in [-0.15, -0.1) is 0 Å². The summed E-state index contributed by atoms with van der Waals surface area (Å²) in [6, 6.07) is 0. The Labute approximate surface area is 117 Å². The second-order valence-corrected chi connectivity index (χ2v) is 4.37. The zero-order valence-electron chi connectivity index (χ0n) is 11.8. The number of rotatable bonds is 10. The number of unbranched alkanes of at least 4 members (excludes halogenated alkanes) is 5. The van der Waals surface area contributed by atoms with Crippen molar-refractivity contribution in [1.29, 1.82) is 0 Å². The molecule has 0 aliphatic rings. The van der Waals surface area contributed by atoms with Gasteiger partial charge in [0, 0.05) is 6.08 Å². The third kappa shape index (κ3) is 14.7. The third-order valence-electron chi connectivity index (χ3n) is 2.51. The normalized spacial score (nSPS) is 12.6. The fourth-order valence-corrected chi connectivity index (χ4v) is 1.41. The van der Waals surface area contributed by atoms with Crippen LogP contribution >= 0.6 is 0 Å². The predicted molar refractivity (Wildman–Crippen MR) is 78.5 cm³/mol. The highest BCUT2D eigenvalue weighted by Gasteiger charge is 1.98. The lowest BCUT2D eigenvalue weighted by Crippen LogP contribution is -2.17. The van der Waals surface area contributed by atoms with Crippen LogP contribution in [0, 0.1) is 11.8 Å². The van der Waals surface area contributed by atoms with Gasteiger partial charge in [0.25, 0.3) is 0 Å². The van der Waals surface area contributed by atoms with Crippen molar-refractivity contribution in [2.75, 3.05) is 13.2 Å². The highest BCUT2D eigenvalue weighted by atomic mass is 16.5. The van der Waals surface area contributed by atoms with E-state index in [0.717, 1.165) is 6.42 Å². The molecule has 0 aliphatic carbocycles. The monoisotopic (exact) mass is 266 g/mol. The van der Waals surface area contributed by atoms with Crippen LogP contribution in [0.4, 0.5) is 0 Å². The molecule has 2 N–H and O–H groups in total. The first-order valence-electron chi connectivity index (χ1n) is 7.02. The van der Waals surface area contributed by atoms with Gasteiger partial charge in [-0.05, 0) is 18.9 Å². The van der Waals surface area contributed by atoms with Crippen LogP contribution in [-0.2, 0) is 4.74 Å². The fraction of sp³-hybridized carbons (Fsp3) is 0.625. The van der Waals surface area contributed by atoms with Crippen molar-refractivity contribution in [3.8, 4) is 11.8 Å². The standard InChI is InChI=1S/C16H26O3/c1-2-3-4-5-6-7-8-9-10-11-12-13-19-15-16(18)14-17/h8-9,12-13,16-18H,2-7,14-15H2,1H3. The lowest BCUT2D eigenvalue weighted by Gasteiger charge is -2.04. The molecule has 0 amide bonds. The van der Waals surface area contributed by atoms with E-state index in [2.05, 4.69) is 24.8 Å². The molecule has 0 aromatic heterocycles. The Balaban J connectivity index is 3.44. The van der Waals surface area contributed by atoms with Crippen LogP contribution in [0.1, 0.15) is 45.4 Å². The van der Waals surface area contributed by atoms with Crippen LogP contribution in [-0.4, -0.2) is 29.5 Å². The minimum Gasteiger partial charge on any atom is -0.498 e. The molecule has 0 heterocycles. The minimum absolute atomic E-state index is 0.0856. The molecule has 1 atom stereocenters. The van der Waals surface area contributed by atoms with Gasteiger partial charge in [-0.25, -0.2) is 0 Å². The smallest absolute Gasteiger partial charge is 0.115 e. The van der Waals surface area contributed by atoms with Crippen molar-refractivity contribution >= 4 is 0 Å².